The van der Waals surface area contributed by atoms with E-state index < -0.39 is 0 Å². The van der Waals surface area contributed by atoms with Crippen LogP contribution in [0.4, 0.5) is 15.8 Å². The Morgan fingerprint density at radius 1 is 1.11 bits per heavy atom. The van der Waals surface area contributed by atoms with Crippen molar-refractivity contribution in [3.63, 3.8) is 0 Å². The van der Waals surface area contributed by atoms with E-state index in [4.69, 9.17) is 11.6 Å². The predicted octanol–water partition coefficient (Wildman–Crippen LogP) is 5.14. The second-order valence-electron chi connectivity index (χ2n) is 3.94. The molecule has 0 saturated heterocycles. The van der Waals surface area contributed by atoms with Gasteiger partial charge in [-0.25, -0.2) is 4.39 Å². The highest BCUT2D eigenvalue weighted by molar-refractivity contribution is 9.08. The van der Waals surface area contributed by atoms with Gasteiger partial charge in [-0.2, -0.15) is 0 Å². The lowest BCUT2D eigenvalue weighted by molar-refractivity contribution is 0.628. The molecule has 2 aromatic carbocycles. The molecule has 1 nitrogen and oxygen atoms in total. The Kier molecular flexibility index (Phi) is 4.25. The molecule has 0 amide bonds. The molecule has 0 saturated carbocycles. The number of hydrogen-bond acceptors (Lipinski definition) is 1. The molecule has 0 spiro atoms. The molecule has 2 aromatic rings. The van der Waals surface area contributed by atoms with E-state index in [0.717, 1.165) is 27.3 Å². The molecule has 0 heterocycles. The number of alkyl halides is 1. The Labute approximate surface area is 119 Å². The lowest BCUT2D eigenvalue weighted by Crippen LogP contribution is -2.09. The first-order valence-corrected chi connectivity index (χ1v) is 6.95. The van der Waals surface area contributed by atoms with Gasteiger partial charge < -0.3 is 4.90 Å². The zero-order valence-corrected chi connectivity index (χ0v) is 12.2. The van der Waals surface area contributed by atoms with Crippen LogP contribution in [0.1, 0.15) is 5.56 Å². The van der Waals surface area contributed by atoms with E-state index in [2.05, 4.69) is 15.9 Å². The van der Waals surface area contributed by atoms with Gasteiger partial charge in [-0.05, 0) is 42.0 Å². The molecule has 2 rings (SSSR count). The van der Waals surface area contributed by atoms with Crippen molar-refractivity contribution >= 4 is 38.9 Å². The first-order chi connectivity index (χ1) is 8.61. The molecule has 0 aromatic heterocycles. The minimum atomic E-state index is -0.236. The average Bonchev–Trinajstić information content (AvgIpc) is 2.38. The largest absolute Gasteiger partial charge is 0.345 e. The quantitative estimate of drug-likeness (QED) is 0.705. The first kappa shape index (κ1) is 13.4. The SMILES string of the molecule is CN(c1ccc(F)cc1)c1ccc(CBr)c(Cl)c1. The van der Waals surface area contributed by atoms with Crippen LogP contribution in [0.3, 0.4) is 0 Å². The summed E-state index contributed by atoms with van der Waals surface area (Å²) in [6, 6.07) is 12.2. The zero-order chi connectivity index (χ0) is 13.1. The number of halogens is 3. The van der Waals surface area contributed by atoms with Crippen molar-refractivity contribution < 1.29 is 4.39 Å². The van der Waals surface area contributed by atoms with Crippen molar-refractivity contribution in [3.8, 4) is 0 Å². The molecule has 0 unspecified atom stereocenters. The van der Waals surface area contributed by atoms with Crippen molar-refractivity contribution in [1.29, 1.82) is 0 Å². The fourth-order valence-electron chi connectivity index (χ4n) is 1.67. The van der Waals surface area contributed by atoms with E-state index in [1.54, 1.807) is 12.1 Å². The van der Waals surface area contributed by atoms with Crippen molar-refractivity contribution in [2.75, 3.05) is 11.9 Å². The first-order valence-electron chi connectivity index (χ1n) is 5.45. The molecule has 4 heteroatoms. The third-order valence-electron chi connectivity index (χ3n) is 2.78. The summed E-state index contributed by atoms with van der Waals surface area (Å²) >= 11 is 9.55. The Balaban J connectivity index is 2.31. The van der Waals surface area contributed by atoms with Gasteiger partial charge in [0.25, 0.3) is 0 Å². The number of rotatable bonds is 3. The molecule has 0 aliphatic heterocycles. The normalized spacial score (nSPS) is 10.4. The molecule has 94 valence electrons. The summed E-state index contributed by atoms with van der Waals surface area (Å²) < 4.78 is 12.9. The van der Waals surface area contributed by atoms with Crippen LogP contribution in [0.15, 0.2) is 42.5 Å². The van der Waals surface area contributed by atoms with Crippen LogP contribution in [-0.4, -0.2) is 7.05 Å². The molecule has 0 N–H and O–H groups in total. The van der Waals surface area contributed by atoms with Crippen LogP contribution in [0.25, 0.3) is 0 Å². The topological polar surface area (TPSA) is 3.24 Å². The molecule has 0 fully saturated rings. The van der Waals surface area contributed by atoms with Gasteiger partial charge in [-0.3, -0.25) is 0 Å². The number of hydrogen-bond donors (Lipinski definition) is 0. The molecule has 0 atom stereocenters. The fraction of sp³-hybridized carbons (Fsp3) is 0.143. The van der Waals surface area contributed by atoms with Crippen LogP contribution in [0.5, 0.6) is 0 Å². The van der Waals surface area contributed by atoms with Crippen molar-refractivity contribution in [2.45, 2.75) is 5.33 Å². The van der Waals surface area contributed by atoms with Crippen molar-refractivity contribution in [2.24, 2.45) is 0 Å². The van der Waals surface area contributed by atoms with Gasteiger partial charge in [0.15, 0.2) is 0 Å². The van der Waals surface area contributed by atoms with Crippen LogP contribution in [0, 0.1) is 5.82 Å². The maximum Gasteiger partial charge on any atom is 0.123 e. The monoisotopic (exact) mass is 327 g/mol. The second-order valence-corrected chi connectivity index (χ2v) is 4.91. The lowest BCUT2D eigenvalue weighted by atomic mass is 10.2. The summed E-state index contributed by atoms with van der Waals surface area (Å²) in [6.45, 7) is 0. The smallest absolute Gasteiger partial charge is 0.123 e. The third-order valence-corrected chi connectivity index (χ3v) is 3.74. The number of benzene rings is 2. The third kappa shape index (κ3) is 2.85. The molecule has 0 aliphatic rings. The van der Waals surface area contributed by atoms with E-state index in [0.29, 0.717) is 0 Å². The Hall–Kier alpha value is -1.06. The van der Waals surface area contributed by atoms with Gasteiger partial charge in [0.2, 0.25) is 0 Å². The number of nitrogens with zero attached hydrogens (tertiary/aromatic N) is 1. The van der Waals surface area contributed by atoms with E-state index >= 15 is 0 Å². The highest BCUT2D eigenvalue weighted by atomic mass is 79.9. The van der Waals surface area contributed by atoms with Gasteiger partial charge in [0.1, 0.15) is 5.82 Å². The molecule has 0 bridgehead atoms. The molecule has 0 aliphatic carbocycles. The highest BCUT2D eigenvalue weighted by Gasteiger charge is 2.06. The zero-order valence-electron chi connectivity index (χ0n) is 9.83. The minimum absolute atomic E-state index is 0.236. The summed E-state index contributed by atoms with van der Waals surface area (Å²) in [5, 5.41) is 1.45. The van der Waals surface area contributed by atoms with E-state index in [1.165, 1.54) is 12.1 Å². The van der Waals surface area contributed by atoms with Crippen LogP contribution in [-0.2, 0) is 5.33 Å². The summed E-state index contributed by atoms with van der Waals surface area (Å²) in [5.74, 6) is -0.236. The molecular formula is C14H12BrClFN. The Bertz CT molecular complexity index is 542. The summed E-state index contributed by atoms with van der Waals surface area (Å²) in [4.78, 5) is 1.96. The van der Waals surface area contributed by atoms with Gasteiger partial charge in [0.05, 0.1) is 0 Å². The van der Waals surface area contributed by atoms with Crippen LogP contribution >= 0.6 is 27.5 Å². The number of anilines is 2. The van der Waals surface area contributed by atoms with E-state index in [-0.39, 0.29) is 5.82 Å². The second kappa shape index (κ2) is 5.72. The van der Waals surface area contributed by atoms with Crippen LogP contribution in [0.2, 0.25) is 5.02 Å². The summed E-state index contributed by atoms with van der Waals surface area (Å²) in [6.07, 6.45) is 0. The summed E-state index contributed by atoms with van der Waals surface area (Å²) in [7, 11) is 1.92. The van der Waals surface area contributed by atoms with Crippen molar-refractivity contribution in [1.82, 2.24) is 0 Å². The van der Waals surface area contributed by atoms with Gasteiger partial charge in [0, 0.05) is 28.8 Å². The predicted molar refractivity (Wildman–Crippen MR) is 78.5 cm³/mol. The lowest BCUT2D eigenvalue weighted by Gasteiger charge is -2.20. The molecule has 0 radical (unpaired) electrons. The summed E-state index contributed by atoms with van der Waals surface area (Å²) in [5.41, 5.74) is 2.93. The van der Waals surface area contributed by atoms with Gasteiger partial charge in [-0.1, -0.05) is 33.6 Å². The fourth-order valence-corrected chi connectivity index (χ4v) is 2.56. The Morgan fingerprint density at radius 2 is 1.72 bits per heavy atom. The highest BCUT2D eigenvalue weighted by Crippen LogP contribution is 2.29. The van der Waals surface area contributed by atoms with E-state index in [9.17, 15) is 4.39 Å². The maximum absolute atomic E-state index is 12.9. The van der Waals surface area contributed by atoms with Crippen LogP contribution < -0.4 is 4.90 Å². The molecule has 18 heavy (non-hydrogen) atoms. The van der Waals surface area contributed by atoms with Gasteiger partial charge >= 0.3 is 0 Å². The average molecular weight is 329 g/mol. The van der Waals surface area contributed by atoms with Gasteiger partial charge in [-0.15, -0.1) is 0 Å². The maximum atomic E-state index is 12.9. The van der Waals surface area contributed by atoms with Crippen molar-refractivity contribution in [3.05, 3.63) is 58.9 Å². The van der Waals surface area contributed by atoms with E-state index in [1.807, 2.05) is 30.1 Å². The Morgan fingerprint density at radius 3 is 2.28 bits per heavy atom. The standard InChI is InChI=1S/C14H12BrClFN/c1-18(12-6-3-11(17)4-7-12)13-5-2-10(9-15)14(16)8-13/h2-8H,9H2,1H3. The minimum Gasteiger partial charge on any atom is -0.345 e. The molecular weight excluding hydrogens is 317 g/mol.